The van der Waals surface area contributed by atoms with E-state index < -0.39 is 5.97 Å². The van der Waals surface area contributed by atoms with Crippen LogP contribution in [0.3, 0.4) is 0 Å². The summed E-state index contributed by atoms with van der Waals surface area (Å²) < 4.78 is 0. The average molecular weight is 269 g/mol. The summed E-state index contributed by atoms with van der Waals surface area (Å²) in [7, 11) is 1.53. The van der Waals surface area contributed by atoms with Crippen molar-refractivity contribution in [2.45, 2.75) is 24.7 Å². The minimum absolute atomic E-state index is 0.0531. The van der Waals surface area contributed by atoms with Gasteiger partial charge in [-0.2, -0.15) is 0 Å². The Labute approximate surface area is 109 Å². The quantitative estimate of drug-likeness (QED) is 0.779. The van der Waals surface area contributed by atoms with Crippen LogP contribution in [0.2, 0.25) is 0 Å². The molecule has 0 unspecified atom stereocenters. The predicted octanol–water partition coefficient (Wildman–Crippen LogP) is 1.14. The van der Waals surface area contributed by atoms with Crippen LogP contribution in [0.5, 0.6) is 0 Å². The molecule has 1 amide bonds. The van der Waals surface area contributed by atoms with Crippen molar-refractivity contribution < 1.29 is 14.7 Å². The zero-order chi connectivity index (χ0) is 13.7. The molecule has 0 saturated heterocycles. The highest BCUT2D eigenvalue weighted by atomic mass is 32.2. The van der Waals surface area contributed by atoms with E-state index in [0.717, 1.165) is 11.8 Å². The second-order valence-corrected chi connectivity index (χ2v) is 4.88. The van der Waals surface area contributed by atoms with Crippen LogP contribution >= 0.6 is 11.8 Å². The van der Waals surface area contributed by atoms with Gasteiger partial charge < -0.3 is 10.4 Å². The van der Waals surface area contributed by atoms with Gasteiger partial charge in [0.15, 0.2) is 5.69 Å². The van der Waals surface area contributed by atoms with Gasteiger partial charge in [-0.05, 0) is 0 Å². The van der Waals surface area contributed by atoms with Crippen molar-refractivity contribution in [2.24, 2.45) is 0 Å². The Morgan fingerprint density at radius 3 is 2.67 bits per heavy atom. The fourth-order valence-corrected chi connectivity index (χ4v) is 1.96. The first-order chi connectivity index (χ1) is 8.45. The molecule has 2 N–H and O–H groups in total. The lowest BCUT2D eigenvalue weighted by Gasteiger charge is -2.08. The van der Waals surface area contributed by atoms with Gasteiger partial charge in [-0.25, -0.2) is 14.8 Å². The van der Waals surface area contributed by atoms with Gasteiger partial charge in [0, 0.05) is 19.2 Å². The first-order valence-corrected chi connectivity index (χ1v) is 6.37. The summed E-state index contributed by atoms with van der Waals surface area (Å²) in [6, 6.07) is 0. The molecule has 0 aliphatic rings. The molecule has 0 bridgehead atoms. The Morgan fingerprint density at radius 2 is 2.17 bits per heavy atom. The number of carboxylic acids is 1. The monoisotopic (exact) mass is 269 g/mol. The SMILES string of the molecule is CNC(=O)CSc1cnc(C(C)C)nc1C(=O)O. The van der Waals surface area contributed by atoms with Crippen molar-refractivity contribution in [2.75, 3.05) is 12.8 Å². The summed E-state index contributed by atoms with van der Waals surface area (Å²) in [6.45, 7) is 3.77. The third-order valence-corrected chi connectivity index (χ3v) is 3.15. The molecule has 7 heteroatoms. The number of carboxylic acid groups (broad SMARTS) is 1. The number of hydrogen-bond acceptors (Lipinski definition) is 5. The van der Waals surface area contributed by atoms with Crippen LogP contribution in [0, 0.1) is 0 Å². The number of rotatable bonds is 5. The number of aromatic carboxylic acids is 1. The van der Waals surface area contributed by atoms with Crippen molar-refractivity contribution >= 4 is 23.6 Å². The van der Waals surface area contributed by atoms with Gasteiger partial charge in [-0.1, -0.05) is 13.8 Å². The van der Waals surface area contributed by atoms with Gasteiger partial charge in [0.25, 0.3) is 0 Å². The summed E-state index contributed by atoms with van der Waals surface area (Å²) >= 11 is 1.11. The van der Waals surface area contributed by atoms with Gasteiger partial charge in [-0.15, -0.1) is 11.8 Å². The van der Waals surface area contributed by atoms with E-state index in [2.05, 4.69) is 15.3 Å². The maximum Gasteiger partial charge on any atom is 0.355 e. The molecule has 0 aliphatic heterocycles. The molecular weight excluding hydrogens is 254 g/mol. The van der Waals surface area contributed by atoms with Crippen LogP contribution in [0.4, 0.5) is 0 Å². The normalized spacial score (nSPS) is 10.4. The molecule has 0 aliphatic carbocycles. The maximum atomic E-state index is 11.1. The minimum atomic E-state index is -1.11. The molecule has 0 saturated carbocycles. The molecule has 1 aromatic rings. The molecule has 1 rings (SSSR count). The minimum Gasteiger partial charge on any atom is -0.476 e. The fourth-order valence-electron chi connectivity index (χ4n) is 1.14. The van der Waals surface area contributed by atoms with E-state index >= 15 is 0 Å². The van der Waals surface area contributed by atoms with Gasteiger partial charge in [0.05, 0.1) is 10.6 Å². The third-order valence-electron chi connectivity index (χ3n) is 2.13. The first kappa shape index (κ1) is 14.4. The summed E-state index contributed by atoms with van der Waals surface area (Å²) in [6.07, 6.45) is 1.46. The number of carbonyl (C=O) groups excluding carboxylic acids is 1. The van der Waals surface area contributed by atoms with E-state index in [1.165, 1.54) is 13.2 Å². The molecule has 0 radical (unpaired) electrons. The van der Waals surface area contributed by atoms with Crippen molar-refractivity contribution in [3.63, 3.8) is 0 Å². The second-order valence-electron chi connectivity index (χ2n) is 3.86. The summed E-state index contributed by atoms with van der Waals surface area (Å²) in [5, 5.41) is 11.6. The molecule has 6 nitrogen and oxygen atoms in total. The van der Waals surface area contributed by atoms with Crippen molar-refractivity contribution in [3.8, 4) is 0 Å². The lowest BCUT2D eigenvalue weighted by molar-refractivity contribution is -0.118. The predicted molar refractivity (Wildman–Crippen MR) is 67.9 cm³/mol. The van der Waals surface area contributed by atoms with E-state index in [9.17, 15) is 9.59 Å². The average Bonchev–Trinajstić information content (AvgIpc) is 2.35. The van der Waals surface area contributed by atoms with Gasteiger partial charge in [-0.3, -0.25) is 4.79 Å². The van der Waals surface area contributed by atoms with E-state index in [0.29, 0.717) is 10.7 Å². The van der Waals surface area contributed by atoms with Crippen molar-refractivity contribution in [1.29, 1.82) is 0 Å². The van der Waals surface area contributed by atoms with Gasteiger partial charge in [0.1, 0.15) is 5.82 Å². The van der Waals surface area contributed by atoms with E-state index in [4.69, 9.17) is 5.11 Å². The molecule has 0 spiro atoms. The molecular formula is C11H15N3O3S. The Hall–Kier alpha value is -1.63. The molecule has 0 fully saturated rings. The second kappa shape index (κ2) is 6.34. The number of nitrogens with one attached hydrogen (secondary N) is 1. The Morgan fingerprint density at radius 1 is 1.50 bits per heavy atom. The summed E-state index contributed by atoms with van der Waals surface area (Å²) in [5.41, 5.74) is -0.0531. The zero-order valence-electron chi connectivity index (χ0n) is 10.4. The van der Waals surface area contributed by atoms with E-state index in [1.54, 1.807) is 0 Å². The number of aromatic nitrogens is 2. The topological polar surface area (TPSA) is 92.2 Å². The first-order valence-electron chi connectivity index (χ1n) is 5.39. The highest BCUT2D eigenvalue weighted by Crippen LogP contribution is 2.22. The molecule has 98 valence electrons. The molecule has 1 aromatic heterocycles. The standard InChI is InChI=1S/C11H15N3O3S/c1-6(2)10-13-4-7(9(14-10)11(16)17)18-5-8(15)12-3/h4,6H,5H2,1-3H3,(H,12,15)(H,16,17). The largest absolute Gasteiger partial charge is 0.476 e. The lowest BCUT2D eigenvalue weighted by Crippen LogP contribution is -2.20. The summed E-state index contributed by atoms with van der Waals surface area (Å²) in [5.74, 6) is -0.609. The van der Waals surface area contributed by atoms with Crippen LogP contribution in [-0.2, 0) is 4.79 Å². The van der Waals surface area contributed by atoms with Crippen LogP contribution in [0.15, 0.2) is 11.1 Å². The molecule has 1 heterocycles. The zero-order valence-corrected chi connectivity index (χ0v) is 11.2. The summed E-state index contributed by atoms with van der Waals surface area (Å²) in [4.78, 5) is 30.7. The van der Waals surface area contributed by atoms with Gasteiger partial charge >= 0.3 is 5.97 Å². The number of carbonyl (C=O) groups is 2. The van der Waals surface area contributed by atoms with E-state index in [1.807, 2.05) is 13.8 Å². The van der Waals surface area contributed by atoms with Crippen molar-refractivity contribution in [1.82, 2.24) is 15.3 Å². The fraction of sp³-hybridized carbons (Fsp3) is 0.455. The number of hydrogen-bond donors (Lipinski definition) is 2. The van der Waals surface area contributed by atoms with E-state index in [-0.39, 0.29) is 23.3 Å². The van der Waals surface area contributed by atoms with Gasteiger partial charge in [0.2, 0.25) is 5.91 Å². The Kier molecular flexibility index (Phi) is 5.08. The van der Waals surface area contributed by atoms with Crippen LogP contribution in [0.25, 0.3) is 0 Å². The highest BCUT2D eigenvalue weighted by Gasteiger charge is 2.16. The molecule has 18 heavy (non-hydrogen) atoms. The van der Waals surface area contributed by atoms with Crippen LogP contribution in [-0.4, -0.2) is 39.8 Å². The smallest absolute Gasteiger partial charge is 0.355 e. The van der Waals surface area contributed by atoms with Crippen LogP contribution < -0.4 is 5.32 Å². The number of nitrogens with zero attached hydrogens (tertiary/aromatic N) is 2. The Bertz CT molecular complexity index is 463. The maximum absolute atomic E-state index is 11.1. The molecule has 0 atom stereocenters. The third kappa shape index (κ3) is 3.69. The highest BCUT2D eigenvalue weighted by molar-refractivity contribution is 8.00. The number of thioether (sulfide) groups is 1. The Balaban J connectivity index is 2.97. The number of amides is 1. The van der Waals surface area contributed by atoms with Crippen LogP contribution in [0.1, 0.15) is 36.1 Å². The lowest BCUT2D eigenvalue weighted by atomic mass is 10.2. The molecule has 0 aromatic carbocycles. The van der Waals surface area contributed by atoms with Crippen molar-refractivity contribution in [3.05, 3.63) is 17.7 Å².